The van der Waals surface area contributed by atoms with E-state index in [0.29, 0.717) is 0 Å². The maximum absolute atomic E-state index is 4.55. The molecular formula is C24H31N5. The van der Waals surface area contributed by atoms with Crippen LogP contribution in [0.5, 0.6) is 0 Å². The molecule has 0 aliphatic heterocycles. The van der Waals surface area contributed by atoms with Crippen molar-refractivity contribution in [1.29, 1.82) is 0 Å². The standard InChI is InChI=1S/C24H31N5/c1-16-6-8-24(9-7-16,25-21-12-17(2)10-18(3)13-21)23-26-27-28-29(23)22-14-19(4)11-20(5)15-22/h10-16,25H,6-9H2,1-5H3. The van der Waals surface area contributed by atoms with E-state index >= 15 is 0 Å². The van der Waals surface area contributed by atoms with Gasteiger partial charge < -0.3 is 5.32 Å². The number of hydrogen-bond donors (Lipinski definition) is 1. The normalized spacial score (nSPS) is 21.9. The number of nitrogens with one attached hydrogen (secondary N) is 1. The first-order valence-electron chi connectivity index (χ1n) is 10.6. The monoisotopic (exact) mass is 389 g/mol. The van der Waals surface area contributed by atoms with Gasteiger partial charge in [0, 0.05) is 5.69 Å². The topological polar surface area (TPSA) is 55.6 Å². The van der Waals surface area contributed by atoms with E-state index in [2.05, 4.69) is 91.9 Å². The van der Waals surface area contributed by atoms with Crippen LogP contribution >= 0.6 is 0 Å². The van der Waals surface area contributed by atoms with Crippen LogP contribution in [0.1, 0.15) is 60.7 Å². The summed E-state index contributed by atoms with van der Waals surface area (Å²) in [6.45, 7) is 10.9. The van der Waals surface area contributed by atoms with Gasteiger partial charge in [-0.3, -0.25) is 0 Å². The molecule has 1 aliphatic rings. The molecule has 5 heteroatoms. The number of aryl methyl sites for hydroxylation is 4. The molecule has 3 aromatic rings. The van der Waals surface area contributed by atoms with Crippen LogP contribution in [0.3, 0.4) is 0 Å². The lowest BCUT2D eigenvalue weighted by molar-refractivity contribution is 0.255. The molecule has 1 fully saturated rings. The van der Waals surface area contributed by atoms with Crippen molar-refractivity contribution in [2.75, 3.05) is 5.32 Å². The van der Waals surface area contributed by atoms with Crippen molar-refractivity contribution in [3.05, 3.63) is 64.5 Å². The third kappa shape index (κ3) is 4.04. The van der Waals surface area contributed by atoms with Gasteiger partial charge in [-0.1, -0.05) is 19.1 Å². The first-order valence-corrected chi connectivity index (χ1v) is 10.6. The van der Waals surface area contributed by atoms with Gasteiger partial charge in [-0.05, 0) is 116 Å². The van der Waals surface area contributed by atoms with E-state index in [0.717, 1.165) is 48.8 Å². The summed E-state index contributed by atoms with van der Waals surface area (Å²) in [5.74, 6) is 1.64. The van der Waals surface area contributed by atoms with Gasteiger partial charge in [-0.15, -0.1) is 5.10 Å². The lowest BCUT2D eigenvalue weighted by Gasteiger charge is -2.40. The van der Waals surface area contributed by atoms with Crippen LogP contribution in [0.15, 0.2) is 36.4 Å². The summed E-state index contributed by atoms with van der Waals surface area (Å²) in [4.78, 5) is 0. The molecule has 0 bridgehead atoms. The molecule has 152 valence electrons. The minimum atomic E-state index is -0.270. The molecule has 1 aromatic heterocycles. The van der Waals surface area contributed by atoms with Crippen LogP contribution in [0.25, 0.3) is 5.69 Å². The van der Waals surface area contributed by atoms with E-state index in [1.165, 1.54) is 22.3 Å². The number of aromatic nitrogens is 4. The van der Waals surface area contributed by atoms with Crippen LogP contribution in [0.4, 0.5) is 5.69 Å². The SMILES string of the molecule is Cc1cc(C)cc(NC2(c3nnnn3-c3cc(C)cc(C)c3)CCC(C)CC2)c1. The van der Waals surface area contributed by atoms with Crippen LogP contribution in [0, 0.1) is 33.6 Å². The average Bonchev–Trinajstić information content (AvgIpc) is 3.13. The molecule has 5 nitrogen and oxygen atoms in total. The molecule has 0 spiro atoms. The Hall–Kier alpha value is -2.69. The van der Waals surface area contributed by atoms with E-state index in [1.807, 2.05) is 4.68 Å². The summed E-state index contributed by atoms with van der Waals surface area (Å²) >= 11 is 0. The van der Waals surface area contributed by atoms with Crippen molar-refractivity contribution in [2.24, 2.45) is 5.92 Å². The molecule has 29 heavy (non-hydrogen) atoms. The average molecular weight is 390 g/mol. The maximum atomic E-state index is 4.55. The highest BCUT2D eigenvalue weighted by Gasteiger charge is 2.41. The Bertz CT molecular complexity index is 971. The Balaban J connectivity index is 1.80. The Morgan fingerprint density at radius 1 is 0.862 bits per heavy atom. The minimum absolute atomic E-state index is 0.270. The quantitative estimate of drug-likeness (QED) is 0.648. The highest BCUT2D eigenvalue weighted by Crippen LogP contribution is 2.42. The highest BCUT2D eigenvalue weighted by molar-refractivity contribution is 5.51. The smallest absolute Gasteiger partial charge is 0.181 e. The molecule has 1 saturated carbocycles. The largest absolute Gasteiger partial charge is 0.373 e. The first-order chi connectivity index (χ1) is 13.8. The number of benzene rings is 2. The minimum Gasteiger partial charge on any atom is -0.373 e. The van der Waals surface area contributed by atoms with Crippen molar-refractivity contribution in [2.45, 2.75) is 65.8 Å². The molecule has 0 unspecified atom stereocenters. The molecule has 2 aromatic carbocycles. The predicted octanol–water partition coefficient (Wildman–Crippen LogP) is 5.41. The molecular weight excluding hydrogens is 358 g/mol. The van der Waals surface area contributed by atoms with Crippen LogP contribution in [-0.4, -0.2) is 20.2 Å². The van der Waals surface area contributed by atoms with Crippen molar-refractivity contribution >= 4 is 5.69 Å². The van der Waals surface area contributed by atoms with Gasteiger partial charge in [0.1, 0.15) is 0 Å². The number of rotatable bonds is 4. The highest BCUT2D eigenvalue weighted by atomic mass is 15.6. The molecule has 0 amide bonds. The molecule has 1 heterocycles. The Kier molecular flexibility index (Phi) is 5.15. The fourth-order valence-electron chi connectivity index (χ4n) is 4.71. The molecule has 1 aliphatic carbocycles. The number of tetrazole rings is 1. The van der Waals surface area contributed by atoms with Gasteiger partial charge in [-0.2, -0.15) is 4.68 Å². The fourth-order valence-corrected chi connectivity index (χ4v) is 4.71. The Morgan fingerprint density at radius 3 is 2.00 bits per heavy atom. The van der Waals surface area contributed by atoms with Gasteiger partial charge in [0.15, 0.2) is 5.82 Å². The van der Waals surface area contributed by atoms with Crippen molar-refractivity contribution in [1.82, 2.24) is 20.2 Å². The summed E-state index contributed by atoms with van der Waals surface area (Å²) in [7, 11) is 0. The molecule has 0 atom stereocenters. The number of anilines is 1. The van der Waals surface area contributed by atoms with E-state index in [9.17, 15) is 0 Å². The molecule has 0 saturated heterocycles. The van der Waals surface area contributed by atoms with E-state index in [4.69, 9.17) is 0 Å². The van der Waals surface area contributed by atoms with E-state index in [1.54, 1.807) is 0 Å². The summed E-state index contributed by atoms with van der Waals surface area (Å²) < 4.78 is 1.94. The van der Waals surface area contributed by atoms with E-state index < -0.39 is 0 Å². The van der Waals surface area contributed by atoms with Crippen molar-refractivity contribution in [3.63, 3.8) is 0 Å². The summed E-state index contributed by atoms with van der Waals surface area (Å²) in [6.07, 6.45) is 4.37. The van der Waals surface area contributed by atoms with Crippen LogP contribution in [0.2, 0.25) is 0 Å². The van der Waals surface area contributed by atoms with E-state index in [-0.39, 0.29) is 5.54 Å². The number of nitrogens with zero attached hydrogens (tertiary/aromatic N) is 4. The van der Waals surface area contributed by atoms with Gasteiger partial charge in [0.2, 0.25) is 0 Å². The zero-order valence-corrected chi connectivity index (χ0v) is 18.2. The second kappa shape index (κ2) is 7.62. The van der Waals surface area contributed by atoms with Crippen LogP contribution < -0.4 is 5.32 Å². The molecule has 1 N–H and O–H groups in total. The van der Waals surface area contributed by atoms with Gasteiger partial charge in [0.25, 0.3) is 0 Å². The zero-order valence-electron chi connectivity index (χ0n) is 18.2. The maximum Gasteiger partial charge on any atom is 0.181 e. The van der Waals surface area contributed by atoms with Crippen molar-refractivity contribution < 1.29 is 0 Å². The van der Waals surface area contributed by atoms with Crippen LogP contribution in [-0.2, 0) is 5.54 Å². The third-order valence-electron chi connectivity index (χ3n) is 6.08. The summed E-state index contributed by atoms with van der Waals surface area (Å²) in [6, 6.07) is 13.1. The first kappa shape index (κ1) is 19.6. The lowest BCUT2D eigenvalue weighted by Crippen LogP contribution is -2.41. The Labute approximate surface area is 173 Å². The van der Waals surface area contributed by atoms with Gasteiger partial charge in [-0.25, -0.2) is 0 Å². The predicted molar refractivity (Wildman–Crippen MR) is 117 cm³/mol. The molecule has 4 rings (SSSR count). The lowest BCUT2D eigenvalue weighted by atomic mass is 9.76. The third-order valence-corrected chi connectivity index (χ3v) is 6.08. The fraction of sp³-hybridized carbons (Fsp3) is 0.458. The molecule has 0 radical (unpaired) electrons. The summed E-state index contributed by atoms with van der Waals surface area (Å²) in [5, 5.41) is 16.9. The van der Waals surface area contributed by atoms with Crippen molar-refractivity contribution in [3.8, 4) is 5.69 Å². The Morgan fingerprint density at radius 2 is 1.41 bits per heavy atom. The second-order valence-corrected chi connectivity index (χ2v) is 9.03. The van der Waals surface area contributed by atoms with Gasteiger partial charge in [0.05, 0.1) is 11.2 Å². The van der Waals surface area contributed by atoms with Gasteiger partial charge >= 0.3 is 0 Å². The second-order valence-electron chi connectivity index (χ2n) is 9.03. The zero-order chi connectivity index (χ0) is 20.6. The summed E-state index contributed by atoms with van der Waals surface area (Å²) in [5.41, 5.74) is 6.87. The number of hydrogen-bond acceptors (Lipinski definition) is 4.